The highest BCUT2D eigenvalue weighted by Gasteiger charge is 2.12. The molecule has 0 unspecified atom stereocenters. The lowest BCUT2D eigenvalue weighted by Crippen LogP contribution is -2.18. The molecule has 1 atom stereocenters. The van der Waals surface area contributed by atoms with Crippen molar-refractivity contribution in [2.45, 2.75) is 25.8 Å². The van der Waals surface area contributed by atoms with Gasteiger partial charge in [0, 0.05) is 12.5 Å². The summed E-state index contributed by atoms with van der Waals surface area (Å²) in [6.45, 7) is 2.38. The van der Waals surface area contributed by atoms with Crippen molar-refractivity contribution in [3.8, 4) is 11.5 Å². The van der Waals surface area contributed by atoms with E-state index in [0.717, 1.165) is 20.6 Å². The quantitative estimate of drug-likeness (QED) is 0.367. The zero-order valence-electron chi connectivity index (χ0n) is 12.0. The Morgan fingerprint density at radius 1 is 1.38 bits per heavy atom. The second-order valence-electron chi connectivity index (χ2n) is 4.55. The molecule has 1 rings (SSSR count). The lowest BCUT2D eigenvalue weighted by Gasteiger charge is -2.15. The van der Waals surface area contributed by atoms with Crippen LogP contribution in [0.15, 0.2) is 12.1 Å². The fraction of sp³-hybridized carbons (Fsp3) is 0.538. The minimum Gasteiger partial charge on any atom is -0.496 e. The maximum Gasteiger partial charge on any atom is 0.475 e. The van der Waals surface area contributed by atoms with Crippen molar-refractivity contribution < 1.29 is 24.6 Å². The van der Waals surface area contributed by atoms with Crippen LogP contribution in [-0.2, 0) is 11.3 Å². The van der Waals surface area contributed by atoms with E-state index in [2.05, 4.69) is 27.4 Å². The second-order valence-corrected chi connectivity index (χ2v) is 5.71. The Morgan fingerprint density at radius 3 is 2.67 bits per heavy atom. The molecular weight excluding hydrogens is 391 g/mol. The van der Waals surface area contributed by atoms with Crippen LogP contribution >= 0.6 is 22.6 Å². The third-order valence-corrected chi connectivity index (χ3v) is 3.47. The first-order chi connectivity index (χ1) is 9.93. The van der Waals surface area contributed by atoms with Gasteiger partial charge in [-0.15, -0.1) is 0 Å². The lowest BCUT2D eigenvalue weighted by molar-refractivity contribution is -0.975. The monoisotopic (exact) mass is 411 g/mol. The van der Waals surface area contributed by atoms with Gasteiger partial charge in [-0.2, -0.15) is 4.84 Å². The van der Waals surface area contributed by atoms with E-state index in [4.69, 9.17) is 20.4 Å². The highest BCUT2D eigenvalue weighted by atomic mass is 127. The summed E-state index contributed by atoms with van der Waals surface area (Å²) < 4.78 is 11.9. The first-order valence-corrected chi connectivity index (χ1v) is 7.55. The van der Waals surface area contributed by atoms with Gasteiger partial charge in [0.25, 0.3) is 0 Å². The predicted octanol–water partition coefficient (Wildman–Crippen LogP) is 2.06. The van der Waals surface area contributed by atoms with Crippen molar-refractivity contribution in [2.75, 3.05) is 20.3 Å². The van der Waals surface area contributed by atoms with Crippen LogP contribution in [0.2, 0.25) is 0 Å². The molecule has 1 aromatic carbocycles. The zero-order chi connectivity index (χ0) is 15.8. The zero-order valence-corrected chi connectivity index (χ0v) is 14.2. The van der Waals surface area contributed by atoms with Crippen LogP contribution in [-0.4, -0.2) is 36.7 Å². The summed E-state index contributed by atoms with van der Waals surface area (Å²) in [5, 5.41) is 7.72. The molecule has 0 saturated heterocycles. The van der Waals surface area contributed by atoms with E-state index in [9.17, 15) is 4.91 Å². The van der Waals surface area contributed by atoms with Gasteiger partial charge < -0.3 is 15.2 Å². The van der Waals surface area contributed by atoms with E-state index in [1.807, 2.05) is 19.1 Å². The summed E-state index contributed by atoms with van der Waals surface area (Å²) in [6, 6.07) is 3.83. The van der Waals surface area contributed by atoms with E-state index in [1.54, 1.807) is 7.11 Å². The molecule has 0 saturated carbocycles. The molecule has 0 amide bonds. The first-order valence-electron chi connectivity index (χ1n) is 6.48. The molecule has 0 radical (unpaired) electrons. The van der Waals surface area contributed by atoms with Gasteiger partial charge >= 0.3 is 5.09 Å². The molecule has 0 fully saturated rings. The molecular formula is C13H20IN2O5+. The fourth-order valence-electron chi connectivity index (χ4n) is 1.77. The summed E-state index contributed by atoms with van der Waals surface area (Å²) in [6.07, 6.45) is 1.17. The predicted molar refractivity (Wildman–Crippen MR) is 84.5 cm³/mol. The van der Waals surface area contributed by atoms with Gasteiger partial charge in [0.15, 0.2) is 6.61 Å². The number of hydrogen-bond donors (Lipinski definition) is 2. The molecule has 0 aliphatic carbocycles. The Bertz CT molecular complexity index is 482. The van der Waals surface area contributed by atoms with Gasteiger partial charge in [-0.25, -0.2) is 5.21 Å². The third kappa shape index (κ3) is 6.34. The van der Waals surface area contributed by atoms with E-state index in [0.29, 0.717) is 19.4 Å². The Kier molecular flexibility index (Phi) is 7.51. The van der Waals surface area contributed by atoms with Gasteiger partial charge in [-0.1, -0.05) is 0 Å². The SMILES string of the molecule is COc1cc(I)c(OCCCO[N+](=O)O)cc1C[C@H](C)N. The molecule has 0 aromatic heterocycles. The highest BCUT2D eigenvalue weighted by Crippen LogP contribution is 2.30. The van der Waals surface area contributed by atoms with Crippen LogP contribution in [0.4, 0.5) is 0 Å². The minimum atomic E-state index is -0.558. The number of nitrogens with two attached hydrogens (primary N) is 1. The van der Waals surface area contributed by atoms with E-state index >= 15 is 0 Å². The van der Waals surface area contributed by atoms with Crippen LogP contribution in [0.3, 0.4) is 0 Å². The van der Waals surface area contributed by atoms with Crippen molar-refractivity contribution in [3.63, 3.8) is 0 Å². The maximum absolute atomic E-state index is 10.1. The molecule has 8 heteroatoms. The third-order valence-electron chi connectivity index (χ3n) is 2.62. The van der Waals surface area contributed by atoms with Gasteiger partial charge in [0.1, 0.15) is 16.4 Å². The van der Waals surface area contributed by atoms with Crippen LogP contribution in [0.25, 0.3) is 0 Å². The summed E-state index contributed by atoms with van der Waals surface area (Å²) in [5.74, 6) is 1.52. The summed E-state index contributed by atoms with van der Waals surface area (Å²) in [7, 11) is 1.62. The van der Waals surface area contributed by atoms with Crippen molar-refractivity contribution in [1.82, 2.24) is 0 Å². The molecule has 0 aliphatic rings. The van der Waals surface area contributed by atoms with Gasteiger partial charge in [-0.3, -0.25) is 0 Å². The van der Waals surface area contributed by atoms with Crippen LogP contribution in [0.5, 0.6) is 11.5 Å². The number of hydrogen-bond acceptors (Lipinski definition) is 5. The molecule has 118 valence electrons. The van der Waals surface area contributed by atoms with Crippen molar-refractivity contribution >= 4 is 22.6 Å². The number of benzene rings is 1. The molecule has 0 heterocycles. The standard InChI is InChI=1S/C13H20IN2O5/c1-9(15)6-10-7-13(11(14)8-12(10)19-2)20-4-3-5-21-16(17)18/h7-9H,3-6,15H2,1-2H3,(H,17,18)/q+1/t9-/m0/s1. The Balaban J connectivity index is 2.66. The topological polar surface area (TPSA) is 94.0 Å². The number of ether oxygens (including phenoxy) is 2. The van der Waals surface area contributed by atoms with Crippen molar-refractivity contribution in [3.05, 3.63) is 26.2 Å². The molecule has 21 heavy (non-hydrogen) atoms. The van der Waals surface area contributed by atoms with Crippen LogP contribution in [0.1, 0.15) is 18.9 Å². The highest BCUT2D eigenvalue weighted by molar-refractivity contribution is 14.1. The minimum absolute atomic E-state index is 0.0211. The van der Waals surface area contributed by atoms with Crippen LogP contribution < -0.4 is 15.2 Å². The number of rotatable bonds is 9. The normalized spacial score (nSPS) is 11.8. The van der Waals surface area contributed by atoms with Crippen molar-refractivity contribution in [1.29, 1.82) is 0 Å². The van der Waals surface area contributed by atoms with Crippen molar-refractivity contribution in [2.24, 2.45) is 5.73 Å². The van der Waals surface area contributed by atoms with Crippen LogP contribution in [0, 0.1) is 8.48 Å². The smallest absolute Gasteiger partial charge is 0.475 e. The molecule has 0 bridgehead atoms. The lowest BCUT2D eigenvalue weighted by atomic mass is 10.1. The van der Waals surface area contributed by atoms with E-state index < -0.39 is 5.09 Å². The summed E-state index contributed by atoms with van der Waals surface area (Å²) in [5.41, 5.74) is 6.82. The second kappa shape index (κ2) is 8.88. The number of methoxy groups -OCH3 is 1. The Hall–Kier alpha value is -1.29. The first kappa shape index (κ1) is 17.8. The molecule has 7 nitrogen and oxygen atoms in total. The maximum atomic E-state index is 10.1. The summed E-state index contributed by atoms with van der Waals surface area (Å²) >= 11 is 2.17. The molecule has 3 N–H and O–H groups in total. The fourth-order valence-corrected chi connectivity index (χ4v) is 2.36. The summed E-state index contributed by atoms with van der Waals surface area (Å²) in [4.78, 5) is 14.5. The number of nitrogens with zero attached hydrogens (tertiary/aromatic N) is 1. The Labute approximate surface area is 137 Å². The molecule has 1 aromatic rings. The Morgan fingerprint density at radius 2 is 2.10 bits per heavy atom. The average molecular weight is 411 g/mol. The molecule has 0 spiro atoms. The van der Waals surface area contributed by atoms with E-state index in [-0.39, 0.29) is 12.6 Å². The van der Waals surface area contributed by atoms with E-state index in [1.165, 1.54) is 0 Å². The van der Waals surface area contributed by atoms with Gasteiger partial charge in [0.05, 0.1) is 17.3 Å². The average Bonchev–Trinajstić information content (AvgIpc) is 2.40. The largest absolute Gasteiger partial charge is 0.496 e. The molecule has 0 aliphatic heterocycles. The van der Waals surface area contributed by atoms with Gasteiger partial charge in [-0.05, 0) is 53.6 Å². The van der Waals surface area contributed by atoms with Gasteiger partial charge in [0.2, 0.25) is 0 Å². The number of halogens is 1.